The molecule has 1 aliphatic heterocycles. The van der Waals surface area contributed by atoms with Gasteiger partial charge in [-0.1, -0.05) is 12.1 Å². The van der Waals surface area contributed by atoms with E-state index in [1.807, 2.05) is 45.0 Å². The molecule has 0 radical (unpaired) electrons. The molecule has 7 heteroatoms. The second kappa shape index (κ2) is 7.62. The first-order valence-electron chi connectivity index (χ1n) is 9.66. The fourth-order valence-corrected chi connectivity index (χ4v) is 5.76. The van der Waals surface area contributed by atoms with Gasteiger partial charge in [0, 0.05) is 24.8 Å². The number of amides is 2. The van der Waals surface area contributed by atoms with Crippen LogP contribution >= 0.6 is 0 Å². The first kappa shape index (κ1) is 19.9. The van der Waals surface area contributed by atoms with Crippen LogP contribution in [0.3, 0.4) is 0 Å². The lowest BCUT2D eigenvalue weighted by Gasteiger charge is -2.27. The maximum Gasteiger partial charge on any atom is 0.230 e. The molecule has 1 heterocycles. The Bertz CT molecular complexity index is 836. The molecule has 2 fully saturated rings. The van der Waals surface area contributed by atoms with Gasteiger partial charge >= 0.3 is 0 Å². The standard InChI is InChI=1S/C20H28N2O4S/c1-4-21(15-8-6-7-14(3)11-15)19(23)17-12-18(17)20(24)22(5-2)16-9-10-27(25,26)13-16/h6-8,11,16-18H,4-5,9-10,12-13H2,1-3H3. The lowest BCUT2D eigenvalue weighted by molar-refractivity contribution is -0.135. The van der Waals surface area contributed by atoms with E-state index in [1.165, 1.54) is 0 Å². The zero-order valence-electron chi connectivity index (χ0n) is 16.2. The van der Waals surface area contributed by atoms with Crippen molar-refractivity contribution in [2.75, 3.05) is 29.5 Å². The Morgan fingerprint density at radius 3 is 2.37 bits per heavy atom. The summed E-state index contributed by atoms with van der Waals surface area (Å²) in [5.41, 5.74) is 1.94. The van der Waals surface area contributed by atoms with E-state index in [-0.39, 0.29) is 41.2 Å². The van der Waals surface area contributed by atoms with Crippen molar-refractivity contribution in [2.24, 2.45) is 11.8 Å². The van der Waals surface area contributed by atoms with Gasteiger partial charge in [0.1, 0.15) is 0 Å². The fourth-order valence-electron chi connectivity index (χ4n) is 4.03. The number of nitrogens with zero attached hydrogens (tertiary/aromatic N) is 2. The van der Waals surface area contributed by atoms with Gasteiger partial charge in [-0.2, -0.15) is 0 Å². The lowest BCUT2D eigenvalue weighted by Crippen LogP contribution is -2.43. The predicted molar refractivity (Wildman–Crippen MR) is 105 cm³/mol. The predicted octanol–water partition coefficient (Wildman–Crippen LogP) is 2.02. The summed E-state index contributed by atoms with van der Waals surface area (Å²) in [6, 6.07) is 7.55. The smallest absolute Gasteiger partial charge is 0.230 e. The molecule has 2 aliphatic rings. The van der Waals surface area contributed by atoms with Crippen LogP contribution in [0, 0.1) is 18.8 Å². The van der Waals surface area contributed by atoms with E-state index in [1.54, 1.807) is 9.80 Å². The van der Waals surface area contributed by atoms with Gasteiger partial charge < -0.3 is 9.80 Å². The third-order valence-electron chi connectivity index (χ3n) is 5.59. The van der Waals surface area contributed by atoms with E-state index in [0.717, 1.165) is 11.3 Å². The van der Waals surface area contributed by atoms with Crippen molar-refractivity contribution in [2.45, 2.75) is 39.7 Å². The van der Waals surface area contributed by atoms with Crippen molar-refractivity contribution in [1.82, 2.24) is 4.90 Å². The van der Waals surface area contributed by atoms with E-state index in [9.17, 15) is 18.0 Å². The van der Waals surface area contributed by atoms with Crippen LogP contribution in [0.1, 0.15) is 32.3 Å². The molecule has 27 heavy (non-hydrogen) atoms. The van der Waals surface area contributed by atoms with Crippen LogP contribution in [0.4, 0.5) is 5.69 Å². The van der Waals surface area contributed by atoms with Crippen LogP contribution in [0.15, 0.2) is 24.3 Å². The van der Waals surface area contributed by atoms with Gasteiger partial charge in [-0.25, -0.2) is 8.42 Å². The summed E-state index contributed by atoms with van der Waals surface area (Å²) in [6.45, 7) is 6.82. The molecule has 1 saturated carbocycles. The molecule has 3 unspecified atom stereocenters. The second-order valence-electron chi connectivity index (χ2n) is 7.55. The summed E-state index contributed by atoms with van der Waals surface area (Å²) in [6.07, 6.45) is 1.05. The molecular weight excluding hydrogens is 364 g/mol. The molecule has 1 aromatic rings. The fraction of sp³-hybridized carbons (Fsp3) is 0.600. The third-order valence-corrected chi connectivity index (χ3v) is 7.34. The Morgan fingerprint density at radius 1 is 1.11 bits per heavy atom. The first-order chi connectivity index (χ1) is 12.8. The molecule has 1 aromatic carbocycles. The number of carbonyl (C=O) groups excluding carboxylic acids is 2. The summed E-state index contributed by atoms with van der Waals surface area (Å²) in [5, 5.41) is 0. The van der Waals surface area contributed by atoms with Gasteiger partial charge in [-0.15, -0.1) is 0 Å². The molecule has 148 valence electrons. The van der Waals surface area contributed by atoms with Gasteiger partial charge in [0.25, 0.3) is 0 Å². The van der Waals surface area contributed by atoms with Crippen molar-refractivity contribution < 1.29 is 18.0 Å². The van der Waals surface area contributed by atoms with Crippen LogP contribution < -0.4 is 4.90 Å². The molecule has 6 nitrogen and oxygen atoms in total. The minimum Gasteiger partial charge on any atom is -0.339 e. The SMILES string of the molecule is CCN(C(=O)C1CC1C(=O)N(CC)C1CCS(=O)(=O)C1)c1cccc(C)c1. The summed E-state index contributed by atoms with van der Waals surface area (Å²) in [4.78, 5) is 29.3. The summed E-state index contributed by atoms with van der Waals surface area (Å²) < 4.78 is 23.5. The van der Waals surface area contributed by atoms with Gasteiger partial charge in [-0.3, -0.25) is 9.59 Å². The Morgan fingerprint density at radius 2 is 1.81 bits per heavy atom. The number of anilines is 1. The molecule has 1 aliphatic carbocycles. The number of sulfone groups is 1. The molecule has 0 aromatic heterocycles. The molecule has 3 rings (SSSR count). The minimum atomic E-state index is -3.05. The maximum atomic E-state index is 13.0. The van der Waals surface area contributed by atoms with Crippen molar-refractivity contribution in [3.8, 4) is 0 Å². The highest BCUT2D eigenvalue weighted by atomic mass is 32.2. The number of benzene rings is 1. The third kappa shape index (κ3) is 4.18. The Balaban J connectivity index is 1.68. The van der Waals surface area contributed by atoms with E-state index in [4.69, 9.17) is 0 Å². The highest BCUT2D eigenvalue weighted by Gasteiger charge is 2.52. The molecule has 1 saturated heterocycles. The van der Waals surface area contributed by atoms with E-state index in [2.05, 4.69) is 0 Å². The number of carbonyl (C=O) groups is 2. The topological polar surface area (TPSA) is 74.8 Å². The van der Waals surface area contributed by atoms with Crippen LogP contribution in [0.5, 0.6) is 0 Å². The number of rotatable bonds is 6. The van der Waals surface area contributed by atoms with Gasteiger partial charge in [0.05, 0.1) is 23.3 Å². The Hall–Kier alpha value is -1.89. The Kier molecular flexibility index (Phi) is 5.60. The lowest BCUT2D eigenvalue weighted by atomic mass is 10.1. The van der Waals surface area contributed by atoms with E-state index < -0.39 is 9.84 Å². The number of hydrogen-bond donors (Lipinski definition) is 0. The van der Waals surface area contributed by atoms with Crippen molar-refractivity contribution >= 4 is 27.3 Å². The molecule has 0 spiro atoms. The Labute approximate surface area is 161 Å². The molecule has 0 bridgehead atoms. The van der Waals surface area contributed by atoms with Crippen LogP contribution in [0.25, 0.3) is 0 Å². The van der Waals surface area contributed by atoms with Crippen LogP contribution in [-0.2, 0) is 19.4 Å². The first-order valence-corrected chi connectivity index (χ1v) is 11.5. The molecular formula is C20H28N2O4S. The summed E-state index contributed by atoms with van der Waals surface area (Å²) in [7, 11) is -3.05. The normalized spacial score (nSPS) is 25.8. The highest BCUT2D eigenvalue weighted by Crippen LogP contribution is 2.43. The van der Waals surface area contributed by atoms with Crippen molar-refractivity contribution in [1.29, 1.82) is 0 Å². The number of aryl methyl sites for hydroxylation is 1. The quantitative estimate of drug-likeness (QED) is 0.742. The molecule has 0 N–H and O–H groups in total. The van der Waals surface area contributed by atoms with Gasteiger partial charge in [0.2, 0.25) is 11.8 Å². The zero-order chi connectivity index (χ0) is 19.8. The van der Waals surface area contributed by atoms with Gasteiger partial charge in [-0.05, 0) is 51.3 Å². The summed E-state index contributed by atoms with van der Waals surface area (Å²) >= 11 is 0. The van der Waals surface area contributed by atoms with Crippen molar-refractivity contribution in [3.63, 3.8) is 0 Å². The van der Waals surface area contributed by atoms with Crippen molar-refractivity contribution in [3.05, 3.63) is 29.8 Å². The largest absolute Gasteiger partial charge is 0.339 e. The maximum absolute atomic E-state index is 13.0. The highest BCUT2D eigenvalue weighted by molar-refractivity contribution is 7.91. The van der Waals surface area contributed by atoms with E-state index >= 15 is 0 Å². The minimum absolute atomic E-state index is 0.0171. The average Bonchev–Trinajstić information content (AvgIpc) is 3.34. The van der Waals surface area contributed by atoms with Crippen LogP contribution in [0.2, 0.25) is 0 Å². The zero-order valence-corrected chi connectivity index (χ0v) is 17.0. The monoisotopic (exact) mass is 392 g/mol. The molecule has 3 atom stereocenters. The molecule has 2 amide bonds. The average molecular weight is 393 g/mol. The number of hydrogen-bond acceptors (Lipinski definition) is 4. The van der Waals surface area contributed by atoms with E-state index in [0.29, 0.717) is 25.9 Å². The van der Waals surface area contributed by atoms with Gasteiger partial charge in [0.15, 0.2) is 9.84 Å². The second-order valence-corrected chi connectivity index (χ2v) is 9.78. The summed E-state index contributed by atoms with van der Waals surface area (Å²) in [5.74, 6) is -0.521. The van der Waals surface area contributed by atoms with Crippen LogP contribution in [-0.4, -0.2) is 55.8 Å².